The SMILES string of the molecule is CCC(CC)C(=O)SCC(=O)N(c1c(C)ccc(Br)c1C)C(C)C(=O)OC. The zero-order valence-corrected chi connectivity index (χ0v) is 19.2. The number of thioether (sulfide) groups is 1. The molecule has 0 saturated carbocycles. The summed E-state index contributed by atoms with van der Waals surface area (Å²) < 4.78 is 5.70. The standard InChI is InChI=1S/C20H28BrNO4S/c1-7-15(8-2)20(25)27-11-17(23)22(14(5)19(24)26-6)18-12(3)9-10-16(21)13(18)4/h9-10,14-15H,7-8,11H2,1-6H3. The minimum atomic E-state index is -0.793. The molecule has 1 rings (SSSR count). The molecule has 0 radical (unpaired) electrons. The number of hydrogen-bond acceptors (Lipinski definition) is 5. The Bertz CT molecular complexity index is 703. The molecular weight excluding hydrogens is 430 g/mol. The maximum absolute atomic E-state index is 13.1. The van der Waals surface area contributed by atoms with E-state index < -0.39 is 12.0 Å². The van der Waals surface area contributed by atoms with Gasteiger partial charge in [0.1, 0.15) is 6.04 Å². The number of benzene rings is 1. The molecular formula is C20H28BrNO4S. The van der Waals surface area contributed by atoms with E-state index >= 15 is 0 Å². The lowest BCUT2D eigenvalue weighted by atomic mass is 10.1. The third kappa shape index (κ3) is 5.82. The Labute approximate surface area is 174 Å². The monoisotopic (exact) mass is 457 g/mol. The van der Waals surface area contributed by atoms with E-state index in [1.807, 2.05) is 39.8 Å². The number of carbonyl (C=O) groups excluding carboxylic acids is 3. The van der Waals surface area contributed by atoms with Gasteiger partial charge in [-0.2, -0.15) is 0 Å². The number of aryl methyl sites for hydroxylation is 1. The molecule has 0 aliphatic carbocycles. The Morgan fingerprint density at radius 1 is 1.19 bits per heavy atom. The summed E-state index contributed by atoms with van der Waals surface area (Å²) in [7, 11) is 1.30. The van der Waals surface area contributed by atoms with Gasteiger partial charge in [-0.3, -0.25) is 14.5 Å². The van der Waals surface area contributed by atoms with Gasteiger partial charge in [0.25, 0.3) is 0 Å². The minimum absolute atomic E-state index is 0.0118. The Kier molecular flexibility index (Phi) is 9.53. The summed E-state index contributed by atoms with van der Waals surface area (Å²) in [4.78, 5) is 39.0. The summed E-state index contributed by atoms with van der Waals surface area (Å²) in [6, 6.07) is 3.00. The Hall–Kier alpha value is -1.34. The van der Waals surface area contributed by atoms with Crippen molar-refractivity contribution in [2.75, 3.05) is 17.8 Å². The quantitative estimate of drug-likeness (QED) is 0.531. The van der Waals surface area contributed by atoms with Gasteiger partial charge in [-0.15, -0.1) is 0 Å². The molecule has 1 aromatic carbocycles. The minimum Gasteiger partial charge on any atom is -0.467 e. The predicted octanol–water partition coefficient (Wildman–Crippen LogP) is 4.66. The largest absolute Gasteiger partial charge is 0.467 e. The highest BCUT2D eigenvalue weighted by Crippen LogP contribution is 2.33. The van der Waals surface area contributed by atoms with Crippen molar-refractivity contribution in [1.82, 2.24) is 0 Å². The van der Waals surface area contributed by atoms with Gasteiger partial charge in [0.15, 0.2) is 5.12 Å². The van der Waals surface area contributed by atoms with Crippen LogP contribution in [0.2, 0.25) is 0 Å². The first-order chi connectivity index (χ1) is 12.7. The average Bonchev–Trinajstić information content (AvgIpc) is 2.66. The van der Waals surface area contributed by atoms with Crippen LogP contribution < -0.4 is 4.90 Å². The summed E-state index contributed by atoms with van der Waals surface area (Å²) in [5, 5.41) is 0.0155. The molecule has 1 atom stereocenters. The smallest absolute Gasteiger partial charge is 0.328 e. The lowest BCUT2D eigenvalue weighted by Gasteiger charge is -2.30. The second-order valence-electron chi connectivity index (χ2n) is 6.42. The fourth-order valence-corrected chi connectivity index (χ4v) is 4.23. The molecule has 1 unspecified atom stereocenters. The van der Waals surface area contributed by atoms with Gasteiger partial charge in [-0.1, -0.05) is 47.6 Å². The van der Waals surface area contributed by atoms with Crippen molar-refractivity contribution in [2.45, 2.75) is 53.5 Å². The first-order valence-corrected chi connectivity index (χ1v) is 10.8. The summed E-state index contributed by atoms with van der Waals surface area (Å²) >= 11 is 4.51. The van der Waals surface area contributed by atoms with E-state index in [4.69, 9.17) is 4.74 Å². The zero-order valence-electron chi connectivity index (χ0n) is 16.8. The van der Waals surface area contributed by atoms with E-state index in [0.717, 1.165) is 40.2 Å². The first kappa shape index (κ1) is 23.7. The van der Waals surface area contributed by atoms with Gasteiger partial charge in [0.2, 0.25) is 5.91 Å². The van der Waals surface area contributed by atoms with Gasteiger partial charge < -0.3 is 4.74 Å². The van der Waals surface area contributed by atoms with E-state index in [1.165, 1.54) is 12.0 Å². The number of nitrogens with zero attached hydrogens (tertiary/aromatic N) is 1. The molecule has 0 aliphatic rings. The molecule has 0 saturated heterocycles. The summed E-state index contributed by atoms with van der Waals surface area (Å²) in [6.07, 6.45) is 1.51. The highest BCUT2D eigenvalue weighted by molar-refractivity contribution is 9.10. The number of ether oxygens (including phenoxy) is 1. The van der Waals surface area contributed by atoms with Crippen molar-refractivity contribution in [2.24, 2.45) is 5.92 Å². The van der Waals surface area contributed by atoms with Gasteiger partial charge in [0.05, 0.1) is 18.6 Å². The molecule has 1 aromatic rings. The van der Waals surface area contributed by atoms with Crippen molar-refractivity contribution >= 4 is 50.4 Å². The predicted molar refractivity (Wildman–Crippen MR) is 114 cm³/mol. The number of hydrogen-bond donors (Lipinski definition) is 0. The van der Waals surface area contributed by atoms with Crippen LogP contribution in [-0.2, 0) is 19.1 Å². The molecule has 0 aromatic heterocycles. The number of halogens is 1. The van der Waals surface area contributed by atoms with Crippen molar-refractivity contribution in [3.63, 3.8) is 0 Å². The second kappa shape index (κ2) is 10.9. The number of carbonyl (C=O) groups is 3. The molecule has 1 amide bonds. The van der Waals surface area contributed by atoms with Crippen LogP contribution in [0.3, 0.4) is 0 Å². The number of esters is 1. The fourth-order valence-electron chi connectivity index (χ4n) is 2.93. The summed E-state index contributed by atoms with van der Waals surface area (Å²) in [6.45, 7) is 9.35. The first-order valence-electron chi connectivity index (χ1n) is 9.01. The molecule has 0 fully saturated rings. The maximum Gasteiger partial charge on any atom is 0.328 e. The third-order valence-corrected chi connectivity index (χ3v) is 6.53. The van der Waals surface area contributed by atoms with E-state index in [0.29, 0.717) is 5.69 Å². The molecule has 0 heterocycles. The van der Waals surface area contributed by atoms with Crippen LogP contribution in [0, 0.1) is 19.8 Å². The van der Waals surface area contributed by atoms with Crippen LogP contribution in [0.15, 0.2) is 16.6 Å². The molecule has 0 N–H and O–H groups in total. The molecule has 0 bridgehead atoms. The lowest BCUT2D eigenvalue weighted by molar-refractivity contribution is -0.142. The maximum atomic E-state index is 13.1. The van der Waals surface area contributed by atoms with E-state index in [1.54, 1.807) is 6.92 Å². The van der Waals surface area contributed by atoms with E-state index in [9.17, 15) is 14.4 Å². The van der Waals surface area contributed by atoms with Crippen molar-refractivity contribution in [1.29, 1.82) is 0 Å². The van der Waals surface area contributed by atoms with Crippen LogP contribution in [0.1, 0.15) is 44.7 Å². The molecule has 150 valence electrons. The third-order valence-electron chi connectivity index (χ3n) is 4.66. The molecule has 27 heavy (non-hydrogen) atoms. The van der Waals surface area contributed by atoms with Crippen LogP contribution in [-0.4, -0.2) is 35.9 Å². The van der Waals surface area contributed by atoms with Crippen molar-refractivity contribution in [3.8, 4) is 0 Å². The number of amides is 1. The van der Waals surface area contributed by atoms with Crippen LogP contribution in [0.5, 0.6) is 0 Å². The Morgan fingerprint density at radius 2 is 1.78 bits per heavy atom. The average molecular weight is 458 g/mol. The molecule has 7 heteroatoms. The Balaban J connectivity index is 3.21. The Morgan fingerprint density at radius 3 is 2.30 bits per heavy atom. The van der Waals surface area contributed by atoms with Crippen molar-refractivity contribution < 1.29 is 19.1 Å². The van der Waals surface area contributed by atoms with Gasteiger partial charge in [-0.05, 0) is 50.8 Å². The number of rotatable bonds is 8. The molecule has 5 nitrogen and oxygen atoms in total. The topological polar surface area (TPSA) is 63.7 Å². The van der Waals surface area contributed by atoms with Gasteiger partial charge >= 0.3 is 5.97 Å². The molecule has 0 spiro atoms. The van der Waals surface area contributed by atoms with E-state index in [-0.39, 0.29) is 22.7 Å². The van der Waals surface area contributed by atoms with Crippen LogP contribution in [0.25, 0.3) is 0 Å². The highest BCUT2D eigenvalue weighted by Gasteiger charge is 2.31. The second-order valence-corrected chi connectivity index (χ2v) is 8.26. The van der Waals surface area contributed by atoms with Gasteiger partial charge in [-0.25, -0.2) is 4.79 Å². The zero-order chi connectivity index (χ0) is 20.7. The van der Waals surface area contributed by atoms with E-state index in [2.05, 4.69) is 15.9 Å². The highest BCUT2D eigenvalue weighted by atomic mass is 79.9. The normalized spacial score (nSPS) is 12.0. The fraction of sp³-hybridized carbons (Fsp3) is 0.550. The van der Waals surface area contributed by atoms with Crippen LogP contribution >= 0.6 is 27.7 Å². The molecule has 0 aliphatic heterocycles. The number of methoxy groups -OCH3 is 1. The summed E-state index contributed by atoms with van der Waals surface area (Å²) in [5.74, 6) is -0.856. The van der Waals surface area contributed by atoms with Gasteiger partial charge in [0, 0.05) is 10.4 Å². The lowest BCUT2D eigenvalue weighted by Crippen LogP contribution is -2.46. The summed E-state index contributed by atoms with van der Waals surface area (Å²) in [5.41, 5.74) is 2.40. The van der Waals surface area contributed by atoms with Crippen LogP contribution in [0.4, 0.5) is 5.69 Å². The van der Waals surface area contributed by atoms with Crippen molar-refractivity contribution in [3.05, 3.63) is 27.7 Å². The number of anilines is 1.